The minimum absolute atomic E-state index is 0.101. The summed E-state index contributed by atoms with van der Waals surface area (Å²) in [6, 6.07) is 7.97. The van der Waals surface area contributed by atoms with Crippen molar-refractivity contribution in [2.24, 2.45) is 5.73 Å². The summed E-state index contributed by atoms with van der Waals surface area (Å²) < 4.78 is 0. The van der Waals surface area contributed by atoms with Crippen molar-refractivity contribution in [3.63, 3.8) is 0 Å². The average molecular weight is 233 g/mol. The van der Waals surface area contributed by atoms with E-state index in [9.17, 15) is 4.79 Å². The van der Waals surface area contributed by atoms with Crippen LogP contribution in [-0.2, 0) is 11.2 Å². The van der Waals surface area contributed by atoms with E-state index in [0.717, 1.165) is 12.0 Å². The molecule has 16 heavy (non-hydrogen) atoms. The van der Waals surface area contributed by atoms with E-state index in [2.05, 4.69) is 11.8 Å². The molecule has 0 saturated carbocycles. The van der Waals surface area contributed by atoms with Crippen LogP contribution >= 0.6 is 11.8 Å². The molecule has 0 fully saturated rings. The number of hydrogen-bond donors (Lipinski definition) is 1. The maximum absolute atomic E-state index is 10.7. The first-order valence-electron chi connectivity index (χ1n) is 5.14. The summed E-state index contributed by atoms with van der Waals surface area (Å²) >= 11 is 1.23. The zero-order chi connectivity index (χ0) is 11.8. The Morgan fingerprint density at radius 3 is 2.88 bits per heavy atom. The molecule has 0 spiro atoms. The molecule has 84 valence electrons. The van der Waals surface area contributed by atoms with Crippen molar-refractivity contribution >= 4 is 16.9 Å². The monoisotopic (exact) mass is 233 g/mol. The van der Waals surface area contributed by atoms with Crippen molar-refractivity contribution in [1.82, 2.24) is 0 Å². The van der Waals surface area contributed by atoms with Crippen LogP contribution in [0.4, 0.5) is 0 Å². The minimum atomic E-state index is 0.101. The Balaban J connectivity index is 2.68. The van der Waals surface area contributed by atoms with Crippen molar-refractivity contribution in [1.29, 1.82) is 0 Å². The van der Waals surface area contributed by atoms with E-state index < -0.39 is 0 Å². The van der Waals surface area contributed by atoms with Crippen LogP contribution in [-0.4, -0.2) is 17.4 Å². The van der Waals surface area contributed by atoms with Crippen molar-refractivity contribution in [2.45, 2.75) is 13.3 Å². The van der Waals surface area contributed by atoms with Crippen LogP contribution in [0.5, 0.6) is 0 Å². The lowest BCUT2D eigenvalue weighted by Crippen LogP contribution is -2.04. The molecule has 0 radical (unpaired) electrons. The van der Waals surface area contributed by atoms with E-state index in [4.69, 9.17) is 5.73 Å². The van der Waals surface area contributed by atoms with Crippen LogP contribution in [0.1, 0.15) is 18.1 Å². The number of carbonyl (C=O) groups is 1. The summed E-state index contributed by atoms with van der Waals surface area (Å²) in [6.45, 7) is 2.18. The summed E-state index contributed by atoms with van der Waals surface area (Å²) in [5, 5.41) is 0.101. The van der Waals surface area contributed by atoms with E-state index in [1.165, 1.54) is 17.3 Å². The highest BCUT2D eigenvalue weighted by Crippen LogP contribution is 2.07. The topological polar surface area (TPSA) is 43.1 Å². The second-order valence-electron chi connectivity index (χ2n) is 3.28. The number of benzene rings is 1. The van der Waals surface area contributed by atoms with Gasteiger partial charge in [0.1, 0.15) is 0 Å². The Kier molecular flexibility index (Phi) is 5.69. The quantitative estimate of drug-likeness (QED) is 0.810. The van der Waals surface area contributed by atoms with Crippen LogP contribution < -0.4 is 5.73 Å². The molecule has 0 atom stereocenters. The first kappa shape index (κ1) is 12.8. The summed E-state index contributed by atoms with van der Waals surface area (Å²) in [5.41, 5.74) is 7.71. The predicted molar refractivity (Wildman–Crippen MR) is 69.2 cm³/mol. The van der Waals surface area contributed by atoms with Gasteiger partial charge in [-0.1, -0.05) is 41.8 Å². The van der Waals surface area contributed by atoms with E-state index >= 15 is 0 Å². The zero-order valence-corrected chi connectivity index (χ0v) is 10.1. The Morgan fingerprint density at radius 2 is 2.19 bits per heavy atom. The highest BCUT2D eigenvalue weighted by Gasteiger charge is 1.96. The third-order valence-corrected chi connectivity index (χ3v) is 2.70. The van der Waals surface area contributed by atoms with Gasteiger partial charge in [0.05, 0.1) is 5.75 Å². The molecule has 2 N–H and O–H groups in total. The molecular weight excluding hydrogens is 218 g/mol. The fourth-order valence-electron chi connectivity index (χ4n) is 1.28. The Labute approximate surface area is 101 Å². The van der Waals surface area contributed by atoms with E-state index in [1.54, 1.807) is 6.92 Å². The highest BCUT2D eigenvalue weighted by molar-refractivity contribution is 8.13. The molecule has 1 aromatic rings. The average Bonchev–Trinajstić information content (AvgIpc) is 2.26. The molecule has 0 heterocycles. The molecular formula is C13H15NOS. The second kappa shape index (κ2) is 7.10. The van der Waals surface area contributed by atoms with Gasteiger partial charge in [-0.05, 0) is 24.6 Å². The first-order valence-corrected chi connectivity index (χ1v) is 6.13. The maximum Gasteiger partial charge on any atom is 0.186 e. The number of carbonyl (C=O) groups excluding carboxylic acids is 1. The first-order chi connectivity index (χ1) is 7.74. The van der Waals surface area contributed by atoms with Gasteiger partial charge in [0.2, 0.25) is 0 Å². The minimum Gasteiger partial charge on any atom is -0.330 e. The normalized spacial score (nSPS) is 9.38. The largest absolute Gasteiger partial charge is 0.330 e. The van der Waals surface area contributed by atoms with Gasteiger partial charge in [0.25, 0.3) is 0 Å². The second-order valence-corrected chi connectivity index (χ2v) is 4.43. The molecule has 1 aromatic carbocycles. The molecule has 1 rings (SSSR count). The van der Waals surface area contributed by atoms with Gasteiger partial charge in [-0.15, -0.1) is 0 Å². The third-order valence-electron chi connectivity index (χ3n) is 2.00. The van der Waals surface area contributed by atoms with Crippen molar-refractivity contribution in [3.05, 3.63) is 35.4 Å². The SMILES string of the molecule is CC(=O)SCC#Cc1ccccc1CCN. The maximum atomic E-state index is 10.7. The van der Waals surface area contributed by atoms with Crippen LogP contribution in [0.25, 0.3) is 0 Å². The van der Waals surface area contributed by atoms with Gasteiger partial charge in [-0.3, -0.25) is 4.79 Å². The molecule has 0 aliphatic heterocycles. The Morgan fingerprint density at radius 1 is 1.44 bits per heavy atom. The number of rotatable bonds is 3. The van der Waals surface area contributed by atoms with Gasteiger partial charge >= 0.3 is 0 Å². The van der Waals surface area contributed by atoms with E-state index in [-0.39, 0.29) is 5.12 Å². The molecule has 0 amide bonds. The van der Waals surface area contributed by atoms with Crippen molar-refractivity contribution < 1.29 is 4.79 Å². The third kappa shape index (κ3) is 4.52. The summed E-state index contributed by atoms with van der Waals surface area (Å²) in [7, 11) is 0. The molecule has 0 saturated heterocycles. The highest BCUT2D eigenvalue weighted by atomic mass is 32.2. The summed E-state index contributed by atoms with van der Waals surface area (Å²) in [5.74, 6) is 6.61. The molecule has 0 aromatic heterocycles. The number of nitrogens with two attached hydrogens (primary N) is 1. The summed E-state index contributed by atoms with van der Waals surface area (Å²) in [6.07, 6.45) is 0.838. The standard InChI is InChI=1S/C13H15NOS/c1-11(15)16-10-4-7-12-5-2-3-6-13(12)8-9-14/h2-3,5-6H,8-10,14H2,1H3. The van der Waals surface area contributed by atoms with Crippen molar-refractivity contribution in [2.75, 3.05) is 12.3 Å². The Bertz CT molecular complexity index is 417. The molecule has 0 unspecified atom stereocenters. The smallest absolute Gasteiger partial charge is 0.186 e. The van der Waals surface area contributed by atoms with Crippen LogP contribution in [0.2, 0.25) is 0 Å². The van der Waals surface area contributed by atoms with Gasteiger partial charge in [-0.25, -0.2) is 0 Å². The van der Waals surface area contributed by atoms with Crippen LogP contribution in [0.3, 0.4) is 0 Å². The molecule has 0 bridgehead atoms. The van der Waals surface area contributed by atoms with Gasteiger partial charge in [-0.2, -0.15) is 0 Å². The Hall–Kier alpha value is -1.24. The van der Waals surface area contributed by atoms with Gasteiger partial charge in [0.15, 0.2) is 5.12 Å². The van der Waals surface area contributed by atoms with Gasteiger partial charge < -0.3 is 5.73 Å². The molecule has 0 aliphatic rings. The zero-order valence-electron chi connectivity index (χ0n) is 9.32. The predicted octanol–water partition coefficient (Wildman–Crippen LogP) is 1.82. The number of thioether (sulfide) groups is 1. The fourth-order valence-corrected chi connectivity index (χ4v) is 1.63. The van der Waals surface area contributed by atoms with E-state index in [0.29, 0.717) is 12.3 Å². The van der Waals surface area contributed by atoms with E-state index in [1.807, 2.05) is 24.3 Å². The lowest BCUT2D eigenvalue weighted by atomic mass is 10.1. The fraction of sp³-hybridized carbons (Fsp3) is 0.308. The van der Waals surface area contributed by atoms with Crippen LogP contribution in [0, 0.1) is 11.8 Å². The molecule has 2 nitrogen and oxygen atoms in total. The van der Waals surface area contributed by atoms with Crippen LogP contribution in [0.15, 0.2) is 24.3 Å². The lowest BCUT2D eigenvalue weighted by Gasteiger charge is -2.01. The molecule has 0 aliphatic carbocycles. The molecule has 3 heteroatoms. The summed E-state index contributed by atoms with van der Waals surface area (Å²) in [4.78, 5) is 10.7. The van der Waals surface area contributed by atoms with Gasteiger partial charge in [0, 0.05) is 12.5 Å². The van der Waals surface area contributed by atoms with Crippen molar-refractivity contribution in [3.8, 4) is 11.8 Å². The number of hydrogen-bond acceptors (Lipinski definition) is 3. The lowest BCUT2D eigenvalue weighted by molar-refractivity contribution is -0.109.